The molecule has 0 aromatic heterocycles. The molecule has 0 radical (unpaired) electrons. The van der Waals surface area contributed by atoms with Crippen LogP contribution >= 0.6 is 0 Å². The maximum atomic E-state index is 12.3. The Morgan fingerprint density at radius 1 is 1.48 bits per heavy atom. The van der Waals surface area contributed by atoms with Crippen LogP contribution in [0.25, 0.3) is 0 Å². The monoisotopic (exact) mass is 322 g/mol. The predicted octanol–water partition coefficient (Wildman–Crippen LogP) is 0.725. The third-order valence-electron chi connectivity index (χ3n) is 5.52. The molecule has 1 heterocycles. The molecule has 0 unspecified atom stereocenters. The Hall–Kier alpha value is -1.66. The number of aliphatic hydroxyl groups is 2. The maximum Gasteiger partial charge on any atom is 0.342 e. The van der Waals surface area contributed by atoms with E-state index in [2.05, 4.69) is 13.2 Å². The highest BCUT2D eigenvalue weighted by Gasteiger charge is 2.62. The van der Waals surface area contributed by atoms with E-state index in [0.29, 0.717) is 24.8 Å². The highest BCUT2D eigenvalue weighted by molar-refractivity contribution is 5.83. The van der Waals surface area contributed by atoms with E-state index in [0.717, 1.165) is 5.57 Å². The van der Waals surface area contributed by atoms with Gasteiger partial charge in [-0.1, -0.05) is 18.7 Å². The largest absolute Gasteiger partial charge is 0.462 e. The van der Waals surface area contributed by atoms with Crippen LogP contribution in [-0.2, 0) is 19.1 Å². The van der Waals surface area contributed by atoms with Gasteiger partial charge in [-0.15, -0.1) is 0 Å². The summed E-state index contributed by atoms with van der Waals surface area (Å²) in [5.41, 5.74) is -0.246. The molecule has 0 amide bonds. The van der Waals surface area contributed by atoms with Gasteiger partial charge < -0.3 is 19.7 Å². The number of esters is 2. The molecule has 0 aromatic carbocycles. The molecular formula is C17H22O6. The van der Waals surface area contributed by atoms with Crippen molar-refractivity contribution in [1.82, 2.24) is 0 Å². The molecule has 0 bridgehead atoms. The second-order valence-electron chi connectivity index (χ2n) is 6.84. The molecule has 3 aliphatic rings. The average Bonchev–Trinajstić information content (AvgIpc) is 2.85. The molecule has 23 heavy (non-hydrogen) atoms. The van der Waals surface area contributed by atoms with Crippen molar-refractivity contribution < 1.29 is 29.3 Å². The quantitative estimate of drug-likeness (QED) is 0.575. The van der Waals surface area contributed by atoms with Crippen molar-refractivity contribution in [1.29, 1.82) is 0 Å². The van der Waals surface area contributed by atoms with E-state index in [1.54, 1.807) is 0 Å². The fraction of sp³-hybridized carbons (Fsp3) is 0.647. The number of hydrogen-bond donors (Lipinski definition) is 2. The Labute approximate surface area is 134 Å². The molecule has 1 aliphatic heterocycles. The molecule has 3 rings (SSSR count). The number of allylic oxidation sites excluding steroid dienone is 1. The first-order chi connectivity index (χ1) is 10.8. The Kier molecular flexibility index (Phi) is 3.84. The standard InChI is InChI=1S/C17H22O6/c1-8-4-5-12-15(14-9(2)13(19)6-11(8)14)23-16(20)17(12,21)7-22-10(3)18/h11-15,19,21H,1-2,4-7H2,3H3/t11-,12+,13-,14-,15+,17+/m0/s1. The first-order valence-electron chi connectivity index (χ1n) is 7.87. The van der Waals surface area contributed by atoms with Crippen LogP contribution in [0.3, 0.4) is 0 Å². The van der Waals surface area contributed by atoms with E-state index >= 15 is 0 Å². The zero-order valence-electron chi connectivity index (χ0n) is 13.2. The summed E-state index contributed by atoms with van der Waals surface area (Å²) >= 11 is 0. The van der Waals surface area contributed by atoms with Crippen molar-refractivity contribution in [3.05, 3.63) is 24.3 Å². The molecular weight excluding hydrogens is 300 g/mol. The van der Waals surface area contributed by atoms with Gasteiger partial charge in [0.05, 0.1) is 6.10 Å². The molecule has 0 spiro atoms. The second kappa shape index (κ2) is 5.46. The SMILES string of the molecule is C=C1[C@@H]2[C@@H]3OC(=O)[C@@](O)(COC(C)=O)[C@@H]3CCC(=C)[C@@H]2C[C@@H]1O. The van der Waals surface area contributed by atoms with Crippen LogP contribution in [0, 0.1) is 17.8 Å². The van der Waals surface area contributed by atoms with Gasteiger partial charge in [-0.25, -0.2) is 4.79 Å². The van der Waals surface area contributed by atoms with Crippen LogP contribution in [0.2, 0.25) is 0 Å². The highest BCUT2D eigenvalue weighted by Crippen LogP contribution is 2.53. The second-order valence-corrected chi connectivity index (χ2v) is 6.84. The lowest BCUT2D eigenvalue weighted by atomic mass is 9.78. The van der Waals surface area contributed by atoms with E-state index in [1.807, 2.05) is 0 Å². The van der Waals surface area contributed by atoms with Crippen molar-refractivity contribution in [2.75, 3.05) is 6.61 Å². The zero-order chi connectivity index (χ0) is 16.9. The number of aliphatic hydroxyl groups excluding tert-OH is 1. The maximum absolute atomic E-state index is 12.3. The lowest BCUT2D eigenvalue weighted by Crippen LogP contribution is -2.47. The lowest BCUT2D eigenvalue weighted by molar-refractivity contribution is -0.166. The lowest BCUT2D eigenvalue weighted by Gasteiger charge is -2.29. The van der Waals surface area contributed by atoms with E-state index in [-0.39, 0.29) is 11.8 Å². The van der Waals surface area contributed by atoms with Gasteiger partial charge in [0.15, 0.2) is 0 Å². The predicted molar refractivity (Wildman–Crippen MR) is 80.1 cm³/mol. The van der Waals surface area contributed by atoms with Gasteiger partial charge >= 0.3 is 11.9 Å². The molecule has 2 saturated carbocycles. The van der Waals surface area contributed by atoms with Crippen LogP contribution in [0.15, 0.2) is 24.3 Å². The van der Waals surface area contributed by atoms with Gasteiger partial charge in [-0.2, -0.15) is 0 Å². The Morgan fingerprint density at radius 2 is 2.17 bits per heavy atom. The number of rotatable bonds is 2. The molecule has 6 heteroatoms. The van der Waals surface area contributed by atoms with Gasteiger partial charge in [0, 0.05) is 18.8 Å². The molecule has 2 aliphatic carbocycles. The van der Waals surface area contributed by atoms with E-state index in [1.165, 1.54) is 6.92 Å². The molecule has 6 atom stereocenters. The van der Waals surface area contributed by atoms with Crippen LogP contribution in [0.1, 0.15) is 26.2 Å². The van der Waals surface area contributed by atoms with Crippen LogP contribution in [0.4, 0.5) is 0 Å². The summed E-state index contributed by atoms with van der Waals surface area (Å²) in [5.74, 6) is -2.10. The Balaban J connectivity index is 1.93. The number of hydrogen-bond acceptors (Lipinski definition) is 6. The smallest absolute Gasteiger partial charge is 0.342 e. The summed E-state index contributed by atoms with van der Waals surface area (Å²) in [6.45, 7) is 8.86. The number of ether oxygens (including phenoxy) is 2. The number of carbonyl (C=O) groups is 2. The van der Waals surface area contributed by atoms with Gasteiger partial charge in [0.2, 0.25) is 5.60 Å². The van der Waals surface area contributed by atoms with Gasteiger partial charge in [-0.3, -0.25) is 4.79 Å². The molecule has 3 fully saturated rings. The van der Waals surface area contributed by atoms with Crippen molar-refractivity contribution in [2.24, 2.45) is 17.8 Å². The summed E-state index contributed by atoms with van der Waals surface area (Å²) in [6, 6.07) is 0. The minimum Gasteiger partial charge on any atom is -0.462 e. The molecule has 6 nitrogen and oxygen atoms in total. The van der Waals surface area contributed by atoms with E-state index < -0.39 is 42.3 Å². The highest BCUT2D eigenvalue weighted by atomic mass is 16.6. The van der Waals surface area contributed by atoms with Crippen LogP contribution < -0.4 is 0 Å². The van der Waals surface area contributed by atoms with E-state index in [9.17, 15) is 19.8 Å². The summed E-state index contributed by atoms with van der Waals surface area (Å²) < 4.78 is 10.4. The summed E-state index contributed by atoms with van der Waals surface area (Å²) in [7, 11) is 0. The zero-order valence-corrected chi connectivity index (χ0v) is 13.2. The molecule has 2 N–H and O–H groups in total. The number of carbonyl (C=O) groups excluding carboxylic acids is 2. The van der Waals surface area contributed by atoms with Crippen molar-refractivity contribution >= 4 is 11.9 Å². The van der Waals surface area contributed by atoms with Crippen molar-refractivity contribution in [3.63, 3.8) is 0 Å². The van der Waals surface area contributed by atoms with Crippen molar-refractivity contribution in [2.45, 2.75) is 44.0 Å². The Morgan fingerprint density at radius 3 is 2.83 bits per heavy atom. The third-order valence-corrected chi connectivity index (χ3v) is 5.52. The normalized spacial score (nSPS) is 42.7. The number of fused-ring (bicyclic) bond motifs is 3. The van der Waals surface area contributed by atoms with Crippen LogP contribution in [0.5, 0.6) is 0 Å². The van der Waals surface area contributed by atoms with Crippen LogP contribution in [-0.4, -0.2) is 46.6 Å². The topological polar surface area (TPSA) is 93.1 Å². The fourth-order valence-corrected chi connectivity index (χ4v) is 4.24. The molecule has 126 valence electrons. The fourth-order valence-electron chi connectivity index (χ4n) is 4.24. The summed E-state index contributed by atoms with van der Waals surface area (Å²) in [5, 5.41) is 20.9. The Bertz CT molecular complexity index is 582. The van der Waals surface area contributed by atoms with Gasteiger partial charge in [0.1, 0.15) is 12.7 Å². The first kappa shape index (κ1) is 16.2. The minimum absolute atomic E-state index is 0.00336. The van der Waals surface area contributed by atoms with Gasteiger partial charge in [0.25, 0.3) is 0 Å². The van der Waals surface area contributed by atoms with Gasteiger partial charge in [-0.05, 0) is 30.8 Å². The molecule has 0 aromatic rings. The minimum atomic E-state index is -1.85. The first-order valence-corrected chi connectivity index (χ1v) is 7.87. The van der Waals surface area contributed by atoms with Crippen molar-refractivity contribution in [3.8, 4) is 0 Å². The third kappa shape index (κ3) is 2.40. The molecule has 1 saturated heterocycles. The average molecular weight is 322 g/mol. The van der Waals surface area contributed by atoms with E-state index in [4.69, 9.17) is 9.47 Å². The summed E-state index contributed by atoms with van der Waals surface area (Å²) in [4.78, 5) is 23.3. The summed E-state index contributed by atoms with van der Waals surface area (Å²) in [6.07, 6.45) is 0.439.